The highest BCUT2D eigenvalue weighted by molar-refractivity contribution is 6.07. The van der Waals surface area contributed by atoms with E-state index < -0.39 is 0 Å². The summed E-state index contributed by atoms with van der Waals surface area (Å²) in [5, 5.41) is 5.30. The van der Waals surface area contributed by atoms with Gasteiger partial charge in [0.15, 0.2) is 6.20 Å². The lowest BCUT2D eigenvalue weighted by Crippen LogP contribution is -2.32. The third-order valence-electron chi connectivity index (χ3n) is 8.21. The van der Waals surface area contributed by atoms with Gasteiger partial charge < -0.3 is 4.74 Å². The number of aromatic nitrogens is 1. The first-order valence-corrected chi connectivity index (χ1v) is 13.1. The number of pyridine rings is 1. The van der Waals surface area contributed by atoms with E-state index in [0.717, 1.165) is 23.8 Å². The van der Waals surface area contributed by atoms with Crippen LogP contribution in [0, 0.1) is 25.7 Å². The van der Waals surface area contributed by atoms with Crippen molar-refractivity contribution >= 4 is 21.5 Å². The summed E-state index contributed by atoms with van der Waals surface area (Å²) in [6.45, 7) is 9.15. The van der Waals surface area contributed by atoms with E-state index in [-0.39, 0.29) is 0 Å². The molecule has 1 saturated carbocycles. The molecular formula is C32H36NO+. The minimum atomic E-state index is 0.618. The van der Waals surface area contributed by atoms with Gasteiger partial charge in [0.2, 0.25) is 5.69 Å². The van der Waals surface area contributed by atoms with Gasteiger partial charge in [-0.05, 0) is 77.4 Å². The Morgan fingerprint density at radius 3 is 2.56 bits per heavy atom. The second kappa shape index (κ2) is 8.12. The van der Waals surface area contributed by atoms with Crippen molar-refractivity contribution < 1.29 is 9.30 Å². The highest BCUT2D eigenvalue weighted by Gasteiger charge is 2.32. The van der Waals surface area contributed by atoms with Crippen LogP contribution < -0.4 is 9.30 Å². The van der Waals surface area contributed by atoms with Crippen LogP contribution >= 0.6 is 0 Å². The first-order chi connectivity index (χ1) is 16.4. The van der Waals surface area contributed by atoms with Crippen LogP contribution in [-0.4, -0.2) is 0 Å². The third-order valence-corrected chi connectivity index (χ3v) is 8.21. The lowest BCUT2D eigenvalue weighted by molar-refractivity contribution is -0.659. The van der Waals surface area contributed by atoms with Crippen molar-refractivity contribution in [1.29, 1.82) is 0 Å². The minimum Gasteiger partial charge on any atom is -0.455 e. The second-order valence-electron chi connectivity index (χ2n) is 11.2. The zero-order chi connectivity index (χ0) is 23.6. The van der Waals surface area contributed by atoms with Crippen molar-refractivity contribution in [3.05, 3.63) is 64.8 Å². The van der Waals surface area contributed by atoms with E-state index >= 15 is 0 Å². The van der Waals surface area contributed by atoms with E-state index in [1.54, 1.807) is 0 Å². The van der Waals surface area contributed by atoms with E-state index in [0.29, 0.717) is 5.92 Å². The molecule has 2 nitrogen and oxygen atoms in total. The van der Waals surface area contributed by atoms with Crippen LogP contribution in [0.15, 0.2) is 42.6 Å². The average molecular weight is 451 g/mol. The van der Waals surface area contributed by atoms with Gasteiger partial charge >= 0.3 is 0 Å². The monoisotopic (exact) mass is 450 g/mol. The topological polar surface area (TPSA) is 13.1 Å². The number of nitrogens with zero attached hydrogens (tertiary/aromatic N) is 1. The van der Waals surface area contributed by atoms with Crippen molar-refractivity contribution in [3.63, 3.8) is 0 Å². The van der Waals surface area contributed by atoms with Gasteiger partial charge in [0.1, 0.15) is 18.5 Å². The molecule has 2 aliphatic rings. The summed E-state index contributed by atoms with van der Waals surface area (Å²) in [6, 6.07) is 13.8. The van der Waals surface area contributed by atoms with Crippen molar-refractivity contribution in [2.75, 3.05) is 0 Å². The van der Waals surface area contributed by atoms with Crippen LogP contribution in [0.5, 0.6) is 11.5 Å². The third kappa shape index (κ3) is 3.34. The van der Waals surface area contributed by atoms with Crippen molar-refractivity contribution in [3.8, 4) is 22.8 Å². The van der Waals surface area contributed by atoms with E-state index in [1.807, 2.05) is 0 Å². The fourth-order valence-corrected chi connectivity index (χ4v) is 6.67. The molecule has 0 amide bonds. The van der Waals surface area contributed by atoms with Crippen LogP contribution in [0.3, 0.4) is 0 Å². The summed E-state index contributed by atoms with van der Waals surface area (Å²) < 4.78 is 9.17. The highest BCUT2D eigenvalue weighted by Crippen LogP contribution is 2.51. The lowest BCUT2D eigenvalue weighted by atomic mass is 9.85. The highest BCUT2D eigenvalue weighted by atomic mass is 16.5. The van der Waals surface area contributed by atoms with Gasteiger partial charge in [0.05, 0.1) is 10.9 Å². The number of hydrogen-bond acceptors (Lipinski definition) is 1. The Kier molecular flexibility index (Phi) is 5.17. The van der Waals surface area contributed by atoms with Crippen LogP contribution in [0.4, 0.5) is 0 Å². The summed E-state index contributed by atoms with van der Waals surface area (Å²) in [6.07, 6.45) is 10.00. The Morgan fingerprint density at radius 1 is 1.00 bits per heavy atom. The largest absolute Gasteiger partial charge is 0.455 e. The molecule has 1 aliphatic heterocycles. The van der Waals surface area contributed by atoms with Gasteiger partial charge in [-0.15, -0.1) is 0 Å². The Bertz CT molecular complexity index is 1440. The smallest absolute Gasteiger partial charge is 0.228 e. The first-order valence-electron chi connectivity index (χ1n) is 13.1. The van der Waals surface area contributed by atoms with Crippen molar-refractivity contribution in [1.82, 2.24) is 0 Å². The quantitative estimate of drug-likeness (QED) is 0.252. The average Bonchev–Trinajstić information content (AvgIpc) is 3.31. The normalized spacial score (nSPS) is 15.4. The number of fused-ring (bicyclic) bond motifs is 3. The van der Waals surface area contributed by atoms with Gasteiger partial charge in [0.25, 0.3) is 0 Å². The van der Waals surface area contributed by atoms with Gasteiger partial charge in [-0.1, -0.05) is 63.8 Å². The zero-order valence-corrected chi connectivity index (χ0v) is 21.3. The maximum atomic E-state index is 6.88. The van der Waals surface area contributed by atoms with Gasteiger partial charge in [-0.2, -0.15) is 0 Å². The predicted octanol–water partition coefficient (Wildman–Crippen LogP) is 8.14. The maximum absolute atomic E-state index is 6.88. The predicted molar refractivity (Wildman–Crippen MR) is 142 cm³/mol. The number of aryl methyl sites for hydroxylation is 3. The Balaban J connectivity index is 1.61. The Labute approximate surface area is 203 Å². The van der Waals surface area contributed by atoms with Gasteiger partial charge in [0, 0.05) is 11.6 Å². The van der Waals surface area contributed by atoms with Gasteiger partial charge in [-0.25, -0.2) is 4.57 Å². The Morgan fingerprint density at radius 2 is 1.79 bits per heavy atom. The van der Waals surface area contributed by atoms with Crippen LogP contribution in [0.2, 0.25) is 0 Å². The molecule has 174 valence electrons. The summed E-state index contributed by atoms with van der Waals surface area (Å²) >= 11 is 0. The van der Waals surface area contributed by atoms with Crippen LogP contribution in [0.1, 0.15) is 61.8 Å². The molecule has 34 heavy (non-hydrogen) atoms. The van der Waals surface area contributed by atoms with E-state index in [9.17, 15) is 0 Å². The number of ether oxygens (including phenoxy) is 1. The molecule has 0 bridgehead atoms. The van der Waals surface area contributed by atoms with E-state index in [4.69, 9.17) is 4.74 Å². The number of benzene rings is 3. The van der Waals surface area contributed by atoms with Crippen molar-refractivity contribution in [2.45, 2.75) is 66.2 Å². The first kappa shape index (κ1) is 21.6. The molecule has 1 fully saturated rings. The molecule has 0 saturated heterocycles. The summed E-state index contributed by atoms with van der Waals surface area (Å²) in [5.41, 5.74) is 8.01. The lowest BCUT2D eigenvalue weighted by Gasteiger charge is -2.25. The maximum Gasteiger partial charge on any atom is 0.228 e. The molecule has 6 rings (SSSR count). The molecule has 1 aliphatic carbocycles. The van der Waals surface area contributed by atoms with Crippen LogP contribution in [0.25, 0.3) is 32.8 Å². The molecule has 0 spiro atoms. The summed E-state index contributed by atoms with van der Waals surface area (Å²) in [4.78, 5) is 0. The summed E-state index contributed by atoms with van der Waals surface area (Å²) in [5.74, 6) is 3.53. The number of hydrogen-bond donors (Lipinski definition) is 0. The summed E-state index contributed by atoms with van der Waals surface area (Å²) in [7, 11) is 2.17. The molecule has 0 unspecified atom stereocenters. The fourth-order valence-electron chi connectivity index (χ4n) is 6.67. The molecule has 0 radical (unpaired) electrons. The molecule has 2 heteroatoms. The second-order valence-corrected chi connectivity index (χ2v) is 11.2. The van der Waals surface area contributed by atoms with E-state index in [2.05, 4.69) is 81.9 Å². The molecule has 3 aromatic carbocycles. The number of rotatable bonds is 4. The molecule has 0 N–H and O–H groups in total. The SMILES string of the molecule is Cc1c2c(c(C)c3c(CC(C)C)cccc13)Oc1cc(CC3CCCC3)cc3cc[n+](C)c-2c13. The Hall–Kier alpha value is -2.87. The fraction of sp³-hybridized carbons (Fsp3) is 0.406. The molecule has 2 heterocycles. The molecule has 0 atom stereocenters. The van der Waals surface area contributed by atoms with E-state index in [1.165, 1.54) is 87.2 Å². The standard InChI is InChI=1S/C32H36NO/c1-19(2)15-24-11-8-12-26-20(3)29-31-30-25(13-14-33(31)5)17-23(16-22-9-6-7-10-22)18-27(30)34-32(29)21(4)28(24)26/h8,11-14,17-19,22H,6-7,9-10,15-16H2,1-5H3/q+1. The van der Waals surface area contributed by atoms with Crippen LogP contribution in [-0.2, 0) is 19.9 Å². The minimum absolute atomic E-state index is 0.618. The van der Waals surface area contributed by atoms with Crippen molar-refractivity contribution in [2.24, 2.45) is 18.9 Å². The molecule has 4 aromatic rings. The molecular weight excluding hydrogens is 414 g/mol. The zero-order valence-electron chi connectivity index (χ0n) is 21.3. The van der Waals surface area contributed by atoms with Gasteiger partial charge in [-0.3, -0.25) is 0 Å². The molecule has 1 aromatic heterocycles.